The third kappa shape index (κ3) is 7.82. The van der Waals surface area contributed by atoms with Gasteiger partial charge in [0.05, 0.1) is 11.9 Å². The molecule has 0 unspecified atom stereocenters. The Hall–Kier alpha value is -1.38. The fraction of sp³-hybridized carbons (Fsp3) is 0.692. The molecule has 1 rings (SSSR count). The van der Waals surface area contributed by atoms with Crippen molar-refractivity contribution in [3.8, 4) is 11.8 Å². The van der Waals surface area contributed by atoms with Gasteiger partial charge in [-0.15, -0.1) is 11.8 Å². The van der Waals surface area contributed by atoms with E-state index in [0.717, 1.165) is 57.7 Å². The van der Waals surface area contributed by atoms with Crippen LogP contribution < -0.4 is 5.32 Å². The van der Waals surface area contributed by atoms with E-state index in [2.05, 4.69) is 32.6 Å². The Morgan fingerprint density at radius 1 is 1.33 bits per heavy atom. The summed E-state index contributed by atoms with van der Waals surface area (Å²) in [5.41, 5.74) is 0.996. The molecule has 100 valence electrons. The Kier molecular flexibility index (Phi) is 8.77. The highest BCUT2D eigenvalue weighted by Gasteiger charge is 1.95. The first-order valence-electron chi connectivity index (χ1n) is 6.46. The summed E-state index contributed by atoms with van der Waals surface area (Å²) >= 11 is 0. The first-order valence-corrected chi connectivity index (χ1v) is 6.46. The van der Waals surface area contributed by atoms with Gasteiger partial charge in [0.2, 0.25) is 0 Å². The Morgan fingerprint density at radius 2 is 2.22 bits per heavy atom. The molecule has 0 aliphatic rings. The van der Waals surface area contributed by atoms with Gasteiger partial charge in [-0.25, -0.2) is 0 Å². The van der Waals surface area contributed by atoms with Crippen molar-refractivity contribution in [2.75, 3.05) is 26.3 Å². The molecule has 5 heteroatoms. The second-order valence-electron chi connectivity index (χ2n) is 3.96. The van der Waals surface area contributed by atoms with Crippen LogP contribution in [0.1, 0.15) is 31.9 Å². The minimum absolute atomic E-state index is 0.813. The average Bonchev–Trinajstić information content (AvgIpc) is 2.89. The Morgan fingerprint density at radius 3 is 3.00 bits per heavy atom. The van der Waals surface area contributed by atoms with Crippen molar-refractivity contribution in [3.63, 3.8) is 0 Å². The summed E-state index contributed by atoms with van der Waals surface area (Å²) in [6.07, 6.45) is 5.67. The van der Waals surface area contributed by atoms with Gasteiger partial charge >= 0.3 is 0 Å². The minimum Gasteiger partial charge on any atom is -0.381 e. The zero-order valence-electron chi connectivity index (χ0n) is 11.0. The third-order valence-corrected chi connectivity index (χ3v) is 2.43. The first-order chi connectivity index (χ1) is 8.93. The largest absolute Gasteiger partial charge is 0.381 e. The van der Waals surface area contributed by atoms with Crippen LogP contribution in [0.25, 0.3) is 0 Å². The van der Waals surface area contributed by atoms with Crippen molar-refractivity contribution < 1.29 is 4.74 Å². The van der Waals surface area contributed by atoms with Gasteiger partial charge in [0, 0.05) is 32.6 Å². The number of nitrogens with zero attached hydrogens (tertiary/aromatic N) is 2. The SMILES string of the molecule is CC#CCCCOCCCNCCc1cn[nH]n1. The lowest BCUT2D eigenvalue weighted by atomic mass is 10.3. The van der Waals surface area contributed by atoms with Gasteiger partial charge < -0.3 is 10.1 Å². The van der Waals surface area contributed by atoms with Crippen LogP contribution in [-0.4, -0.2) is 41.7 Å². The molecule has 0 radical (unpaired) electrons. The molecular formula is C13H22N4O. The van der Waals surface area contributed by atoms with E-state index in [1.807, 2.05) is 6.92 Å². The molecule has 0 fully saturated rings. The molecule has 5 nitrogen and oxygen atoms in total. The van der Waals surface area contributed by atoms with Crippen molar-refractivity contribution in [3.05, 3.63) is 11.9 Å². The quantitative estimate of drug-likeness (QED) is 0.483. The highest BCUT2D eigenvalue weighted by Crippen LogP contribution is 1.91. The number of nitrogens with one attached hydrogen (secondary N) is 2. The maximum absolute atomic E-state index is 5.50. The second-order valence-corrected chi connectivity index (χ2v) is 3.96. The van der Waals surface area contributed by atoms with Crippen LogP contribution in [0, 0.1) is 11.8 Å². The highest BCUT2D eigenvalue weighted by atomic mass is 16.5. The lowest BCUT2D eigenvalue weighted by molar-refractivity contribution is 0.130. The third-order valence-electron chi connectivity index (χ3n) is 2.43. The molecule has 0 atom stereocenters. The molecule has 0 aromatic carbocycles. The van der Waals surface area contributed by atoms with Crippen molar-refractivity contribution in [2.24, 2.45) is 0 Å². The molecule has 0 aliphatic heterocycles. The maximum atomic E-state index is 5.50. The molecule has 2 N–H and O–H groups in total. The topological polar surface area (TPSA) is 62.8 Å². The fourth-order valence-corrected chi connectivity index (χ4v) is 1.48. The smallest absolute Gasteiger partial charge is 0.0837 e. The van der Waals surface area contributed by atoms with Gasteiger partial charge in [0.1, 0.15) is 0 Å². The molecular weight excluding hydrogens is 228 g/mol. The summed E-state index contributed by atoms with van der Waals surface area (Å²) in [4.78, 5) is 0. The van der Waals surface area contributed by atoms with Gasteiger partial charge in [-0.3, -0.25) is 0 Å². The number of hydrogen-bond acceptors (Lipinski definition) is 4. The predicted molar refractivity (Wildman–Crippen MR) is 71.1 cm³/mol. The highest BCUT2D eigenvalue weighted by molar-refractivity contribution is 4.94. The standard InChI is InChI=1S/C13H22N4O/c1-2-3-4-5-10-18-11-6-8-14-9-7-13-12-15-17-16-13/h12,14H,4-11H2,1H3,(H,15,16,17). The van der Waals surface area contributed by atoms with Crippen molar-refractivity contribution >= 4 is 0 Å². The second kappa shape index (κ2) is 10.8. The summed E-state index contributed by atoms with van der Waals surface area (Å²) < 4.78 is 5.50. The molecule has 0 saturated carbocycles. The van der Waals surface area contributed by atoms with E-state index < -0.39 is 0 Å². The minimum atomic E-state index is 0.813. The monoisotopic (exact) mass is 250 g/mol. The van der Waals surface area contributed by atoms with Gasteiger partial charge in [-0.1, -0.05) is 0 Å². The van der Waals surface area contributed by atoms with Crippen LogP contribution in [0.5, 0.6) is 0 Å². The van der Waals surface area contributed by atoms with Crippen molar-refractivity contribution in [2.45, 2.75) is 32.6 Å². The van der Waals surface area contributed by atoms with Crippen LogP contribution >= 0.6 is 0 Å². The molecule has 0 aliphatic carbocycles. The average molecular weight is 250 g/mol. The van der Waals surface area contributed by atoms with E-state index in [0.29, 0.717) is 0 Å². The predicted octanol–water partition coefficient (Wildman–Crippen LogP) is 1.15. The van der Waals surface area contributed by atoms with Crippen molar-refractivity contribution in [1.82, 2.24) is 20.7 Å². The number of aromatic amines is 1. The van der Waals surface area contributed by atoms with Crippen LogP contribution in [0.15, 0.2) is 6.20 Å². The van der Waals surface area contributed by atoms with Crippen LogP contribution in [0.4, 0.5) is 0 Å². The zero-order chi connectivity index (χ0) is 12.9. The number of aromatic nitrogens is 3. The van der Waals surface area contributed by atoms with E-state index in [1.165, 1.54) is 0 Å². The van der Waals surface area contributed by atoms with Crippen LogP contribution in [0.3, 0.4) is 0 Å². The number of rotatable bonds is 10. The molecule has 1 aromatic rings. The lowest BCUT2D eigenvalue weighted by Crippen LogP contribution is -2.20. The van der Waals surface area contributed by atoms with E-state index in [-0.39, 0.29) is 0 Å². The van der Waals surface area contributed by atoms with Crippen LogP contribution in [-0.2, 0) is 11.2 Å². The number of hydrogen-bond donors (Lipinski definition) is 2. The Balaban J connectivity index is 1.77. The van der Waals surface area contributed by atoms with Gasteiger partial charge in [-0.2, -0.15) is 15.4 Å². The first kappa shape index (κ1) is 14.7. The summed E-state index contributed by atoms with van der Waals surface area (Å²) in [6.45, 7) is 5.40. The van der Waals surface area contributed by atoms with E-state index >= 15 is 0 Å². The van der Waals surface area contributed by atoms with Gasteiger partial charge in [-0.05, 0) is 26.3 Å². The number of H-pyrrole nitrogens is 1. The molecule has 1 heterocycles. The number of ether oxygens (including phenoxy) is 1. The Bertz CT molecular complexity index is 340. The molecule has 1 aromatic heterocycles. The van der Waals surface area contributed by atoms with E-state index in [1.54, 1.807) is 6.20 Å². The summed E-state index contributed by atoms with van der Waals surface area (Å²) in [6, 6.07) is 0. The summed E-state index contributed by atoms with van der Waals surface area (Å²) in [7, 11) is 0. The normalized spacial score (nSPS) is 10.1. The molecule has 0 saturated heterocycles. The maximum Gasteiger partial charge on any atom is 0.0837 e. The van der Waals surface area contributed by atoms with E-state index in [9.17, 15) is 0 Å². The number of unbranched alkanes of at least 4 members (excludes halogenated alkanes) is 1. The fourth-order valence-electron chi connectivity index (χ4n) is 1.48. The zero-order valence-corrected chi connectivity index (χ0v) is 11.0. The van der Waals surface area contributed by atoms with Crippen LogP contribution in [0.2, 0.25) is 0 Å². The van der Waals surface area contributed by atoms with E-state index in [4.69, 9.17) is 4.74 Å². The molecule has 18 heavy (non-hydrogen) atoms. The van der Waals surface area contributed by atoms with Gasteiger partial charge in [0.25, 0.3) is 0 Å². The molecule has 0 spiro atoms. The molecule has 0 amide bonds. The summed E-state index contributed by atoms with van der Waals surface area (Å²) in [5, 5.41) is 13.7. The van der Waals surface area contributed by atoms with Gasteiger partial charge in [0.15, 0.2) is 0 Å². The van der Waals surface area contributed by atoms with Crippen molar-refractivity contribution in [1.29, 1.82) is 0 Å². The Labute approximate surface area is 109 Å². The lowest BCUT2D eigenvalue weighted by Gasteiger charge is -2.04. The molecule has 0 bridgehead atoms. The summed E-state index contributed by atoms with van der Waals surface area (Å²) in [5.74, 6) is 5.90.